The van der Waals surface area contributed by atoms with E-state index in [1.807, 2.05) is 0 Å². The van der Waals surface area contributed by atoms with Crippen LogP contribution in [0.3, 0.4) is 0 Å². The van der Waals surface area contributed by atoms with Crippen molar-refractivity contribution in [1.29, 1.82) is 0 Å². The first kappa shape index (κ1) is 20.2. The molecule has 5 rings (SSSR count). The van der Waals surface area contributed by atoms with Gasteiger partial charge >= 0.3 is 0 Å². The van der Waals surface area contributed by atoms with Crippen LogP contribution >= 0.6 is 0 Å². The molecule has 0 amide bonds. The lowest BCUT2D eigenvalue weighted by Gasteiger charge is -2.58. The van der Waals surface area contributed by atoms with E-state index in [-0.39, 0.29) is 5.92 Å². The molecule has 2 bridgehead atoms. The Bertz CT molecular complexity index is 642. The van der Waals surface area contributed by atoms with Crippen LogP contribution in [0.5, 0.6) is 5.75 Å². The van der Waals surface area contributed by atoms with Gasteiger partial charge < -0.3 is 5.11 Å². The highest BCUT2D eigenvalue weighted by atomic mass is 19.1. The molecule has 4 aliphatic rings. The molecule has 4 saturated carbocycles. The fraction of sp³-hybridized carbons (Fsp3) is 0.760. The average Bonchev–Trinajstić information content (AvgIpc) is 2.73. The maximum Gasteiger partial charge on any atom is 0.187 e. The van der Waals surface area contributed by atoms with E-state index in [0.717, 1.165) is 24.3 Å². The zero-order chi connectivity index (χ0) is 19.8. The van der Waals surface area contributed by atoms with Gasteiger partial charge in [-0.25, -0.2) is 8.78 Å². The minimum atomic E-state index is -0.844. The smallest absolute Gasteiger partial charge is 0.187 e. The summed E-state index contributed by atoms with van der Waals surface area (Å²) in [5.74, 6) is -1.46. The van der Waals surface area contributed by atoms with Gasteiger partial charge in [-0.2, -0.15) is 0 Å². The van der Waals surface area contributed by atoms with Crippen LogP contribution in [0.1, 0.15) is 108 Å². The fourth-order valence-corrected chi connectivity index (χ4v) is 6.89. The number of hydrogen-bond acceptors (Lipinski definition) is 1. The molecule has 1 aromatic carbocycles. The van der Waals surface area contributed by atoms with Crippen LogP contribution in [-0.4, -0.2) is 5.11 Å². The molecule has 1 N–H and O–H groups in total. The number of rotatable bonds is 6. The van der Waals surface area contributed by atoms with E-state index < -0.39 is 17.4 Å². The first-order chi connectivity index (χ1) is 13.5. The molecule has 28 heavy (non-hydrogen) atoms. The third kappa shape index (κ3) is 3.71. The second-order valence-corrected chi connectivity index (χ2v) is 10.2. The summed E-state index contributed by atoms with van der Waals surface area (Å²) >= 11 is 0. The molecule has 0 atom stereocenters. The van der Waals surface area contributed by atoms with Gasteiger partial charge in [0.2, 0.25) is 0 Å². The summed E-state index contributed by atoms with van der Waals surface area (Å²) in [7, 11) is 0. The Labute approximate surface area is 168 Å². The highest BCUT2D eigenvalue weighted by Gasteiger charge is 2.51. The molecule has 0 radical (unpaired) electrons. The van der Waals surface area contributed by atoms with Crippen molar-refractivity contribution in [3.05, 3.63) is 29.3 Å². The minimum absolute atomic E-state index is 0.234. The lowest BCUT2D eigenvalue weighted by atomic mass is 9.47. The van der Waals surface area contributed by atoms with E-state index in [2.05, 4.69) is 6.92 Å². The van der Waals surface area contributed by atoms with Gasteiger partial charge in [-0.05, 0) is 111 Å². The number of halogens is 2. The molecule has 0 saturated heterocycles. The first-order valence-electron chi connectivity index (χ1n) is 11.6. The molecular formula is C25H36F2O. The minimum Gasteiger partial charge on any atom is -0.503 e. The van der Waals surface area contributed by atoms with Crippen molar-refractivity contribution < 1.29 is 13.9 Å². The lowest BCUT2D eigenvalue weighted by Crippen LogP contribution is -2.46. The van der Waals surface area contributed by atoms with E-state index in [1.165, 1.54) is 89.2 Å². The van der Waals surface area contributed by atoms with Gasteiger partial charge in [-0.1, -0.05) is 26.2 Å². The second kappa shape index (κ2) is 7.95. The molecule has 0 heterocycles. The molecule has 0 aliphatic heterocycles. The van der Waals surface area contributed by atoms with Crippen LogP contribution in [0.15, 0.2) is 12.1 Å². The van der Waals surface area contributed by atoms with Gasteiger partial charge in [-0.15, -0.1) is 0 Å². The summed E-state index contributed by atoms with van der Waals surface area (Å²) in [5, 5.41) is 9.35. The van der Waals surface area contributed by atoms with Gasteiger partial charge in [0.05, 0.1) is 0 Å². The van der Waals surface area contributed by atoms with Gasteiger partial charge in [0, 0.05) is 0 Å². The molecule has 3 heteroatoms. The third-order valence-electron chi connectivity index (χ3n) is 8.87. The van der Waals surface area contributed by atoms with E-state index in [4.69, 9.17) is 0 Å². The van der Waals surface area contributed by atoms with Crippen LogP contribution in [0.4, 0.5) is 8.78 Å². The number of phenolic OH excluding ortho intramolecular Hbond substituents is 1. The molecule has 0 aromatic heterocycles. The molecule has 156 valence electrons. The van der Waals surface area contributed by atoms with Crippen molar-refractivity contribution in [3.63, 3.8) is 0 Å². The molecule has 0 unspecified atom stereocenters. The highest BCUT2D eigenvalue weighted by molar-refractivity contribution is 5.32. The van der Waals surface area contributed by atoms with E-state index in [1.54, 1.807) is 0 Å². The topological polar surface area (TPSA) is 20.2 Å². The highest BCUT2D eigenvalue weighted by Crippen LogP contribution is 2.63. The zero-order valence-electron chi connectivity index (χ0n) is 17.4. The predicted octanol–water partition coefficient (Wildman–Crippen LogP) is 7.87. The molecule has 0 spiro atoms. The van der Waals surface area contributed by atoms with Crippen molar-refractivity contribution in [3.8, 4) is 5.75 Å². The fourth-order valence-electron chi connectivity index (χ4n) is 6.89. The Morgan fingerprint density at radius 2 is 1.46 bits per heavy atom. The zero-order valence-corrected chi connectivity index (χ0v) is 17.4. The summed E-state index contributed by atoms with van der Waals surface area (Å²) < 4.78 is 27.5. The van der Waals surface area contributed by atoms with Gasteiger partial charge in [-0.3, -0.25) is 0 Å². The Balaban J connectivity index is 1.35. The lowest BCUT2D eigenvalue weighted by molar-refractivity contribution is -0.0630. The van der Waals surface area contributed by atoms with Crippen LogP contribution in [0.2, 0.25) is 0 Å². The van der Waals surface area contributed by atoms with Crippen molar-refractivity contribution in [2.45, 2.75) is 103 Å². The SMILES string of the molecule is CCCCCC12CCC(C3CCC(c4cc(F)c(O)c(F)c4)CC3)(CC1)CC2. The number of aromatic hydroxyl groups is 1. The monoisotopic (exact) mass is 390 g/mol. The largest absolute Gasteiger partial charge is 0.503 e. The third-order valence-corrected chi connectivity index (χ3v) is 8.87. The van der Waals surface area contributed by atoms with E-state index >= 15 is 0 Å². The number of hydrogen-bond donors (Lipinski definition) is 1. The summed E-state index contributed by atoms with van der Waals surface area (Å²) in [4.78, 5) is 0. The Morgan fingerprint density at radius 1 is 0.893 bits per heavy atom. The number of unbranched alkanes of at least 4 members (excludes halogenated alkanes) is 2. The number of phenols is 1. The summed E-state index contributed by atoms with van der Waals surface area (Å²) in [6.45, 7) is 2.29. The predicted molar refractivity (Wildman–Crippen MR) is 109 cm³/mol. The van der Waals surface area contributed by atoms with Crippen molar-refractivity contribution in [2.24, 2.45) is 16.7 Å². The maximum absolute atomic E-state index is 13.7. The van der Waals surface area contributed by atoms with E-state index in [0.29, 0.717) is 10.8 Å². The van der Waals surface area contributed by atoms with Crippen LogP contribution < -0.4 is 0 Å². The molecule has 4 aliphatic carbocycles. The maximum atomic E-state index is 13.7. The average molecular weight is 391 g/mol. The molecule has 4 fully saturated rings. The van der Waals surface area contributed by atoms with Crippen LogP contribution in [-0.2, 0) is 0 Å². The van der Waals surface area contributed by atoms with Gasteiger partial charge in [0.15, 0.2) is 17.4 Å². The number of fused-ring (bicyclic) bond motifs is 3. The van der Waals surface area contributed by atoms with Crippen molar-refractivity contribution in [2.75, 3.05) is 0 Å². The molecule has 1 aromatic rings. The van der Waals surface area contributed by atoms with Crippen LogP contribution in [0.25, 0.3) is 0 Å². The van der Waals surface area contributed by atoms with Crippen molar-refractivity contribution in [1.82, 2.24) is 0 Å². The Hall–Kier alpha value is -1.12. The first-order valence-corrected chi connectivity index (χ1v) is 11.6. The summed E-state index contributed by atoms with van der Waals surface area (Å²) in [6, 6.07) is 2.68. The second-order valence-electron chi connectivity index (χ2n) is 10.2. The number of benzene rings is 1. The Kier molecular flexibility index (Phi) is 5.73. The summed E-state index contributed by atoms with van der Waals surface area (Å²) in [6.07, 6.45) is 18.5. The normalized spacial score (nSPS) is 35.2. The van der Waals surface area contributed by atoms with Gasteiger partial charge in [0.25, 0.3) is 0 Å². The molecular weight excluding hydrogens is 354 g/mol. The van der Waals surface area contributed by atoms with Crippen LogP contribution in [0, 0.1) is 28.4 Å². The standard InChI is InChI=1S/C25H36F2O/c1-2-3-4-9-24-10-13-25(14-11-24,15-12-24)20-7-5-18(6-8-20)19-16-21(26)23(28)22(27)17-19/h16-18,20,28H,2-15H2,1H3. The quantitative estimate of drug-likeness (QED) is 0.490. The van der Waals surface area contributed by atoms with E-state index in [9.17, 15) is 13.9 Å². The van der Waals surface area contributed by atoms with Gasteiger partial charge in [0.1, 0.15) is 0 Å². The molecule has 1 nitrogen and oxygen atoms in total. The Morgan fingerprint density at radius 3 is 2.00 bits per heavy atom. The summed E-state index contributed by atoms with van der Waals surface area (Å²) in [5.41, 5.74) is 1.95. The van der Waals surface area contributed by atoms with Crippen molar-refractivity contribution >= 4 is 0 Å².